The van der Waals surface area contributed by atoms with Gasteiger partial charge in [0, 0.05) is 5.56 Å². The normalized spacial score (nSPS) is 11.4. The molecule has 3 rings (SSSR count). The first-order chi connectivity index (χ1) is 9.33. The van der Waals surface area contributed by atoms with Crippen molar-refractivity contribution in [3.8, 4) is 5.75 Å². The van der Waals surface area contributed by atoms with E-state index in [2.05, 4.69) is 11.2 Å². The first-order valence-corrected chi connectivity index (χ1v) is 6.00. The van der Waals surface area contributed by atoms with E-state index in [4.69, 9.17) is 9.94 Å². The molecule has 0 bridgehead atoms. The summed E-state index contributed by atoms with van der Waals surface area (Å²) in [6.45, 7) is 0. The van der Waals surface area contributed by atoms with Gasteiger partial charge < -0.3 is 9.94 Å². The third kappa shape index (κ3) is 1.89. The maximum atomic E-state index is 8.90. The predicted molar refractivity (Wildman–Crippen MR) is 77.4 cm³/mol. The topological polar surface area (TPSA) is 41.8 Å². The Morgan fingerprint density at radius 1 is 1.00 bits per heavy atom. The molecule has 19 heavy (non-hydrogen) atoms. The van der Waals surface area contributed by atoms with Crippen molar-refractivity contribution in [1.82, 2.24) is 0 Å². The summed E-state index contributed by atoms with van der Waals surface area (Å²) in [5.41, 5.74) is 0.898. The largest absolute Gasteiger partial charge is 0.497 e. The second-order valence-electron chi connectivity index (χ2n) is 4.34. The van der Waals surface area contributed by atoms with Crippen molar-refractivity contribution in [2.45, 2.75) is 0 Å². The standard InChI is InChI=1S/C16H13NO2/c1-19-13-7-6-12-8-11-4-2-3-5-14(11)16(10-17-18)15(12)9-13/h2-10,18H,1H3. The fourth-order valence-corrected chi connectivity index (χ4v) is 2.40. The van der Waals surface area contributed by atoms with Gasteiger partial charge in [-0.25, -0.2) is 0 Å². The molecule has 0 saturated heterocycles. The molecule has 0 fully saturated rings. The highest BCUT2D eigenvalue weighted by Gasteiger charge is 2.07. The summed E-state index contributed by atoms with van der Waals surface area (Å²) in [5, 5.41) is 16.4. The van der Waals surface area contributed by atoms with E-state index in [1.807, 2.05) is 42.5 Å². The SMILES string of the molecule is COc1ccc2cc3ccccc3c(C=NO)c2c1. The Morgan fingerprint density at radius 2 is 1.79 bits per heavy atom. The van der Waals surface area contributed by atoms with E-state index in [-0.39, 0.29) is 0 Å². The Kier molecular flexibility index (Phi) is 2.80. The van der Waals surface area contributed by atoms with Crippen LogP contribution in [0.5, 0.6) is 5.75 Å². The first-order valence-electron chi connectivity index (χ1n) is 6.00. The second-order valence-corrected chi connectivity index (χ2v) is 4.34. The summed E-state index contributed by atoms with van der Waals surface area (Å²) >= 11 is 0. The summed E-state index contributed by atoms with van der Waals surface area (Å²) in [6, 6.07) is 16.1. The maximum Gasteiger partial charge on any atom is 0.119 e. The second kappa shape index (κ2) is 4.61. The van der Waals surface area contributed by atoms with Crippen LogP contribution in [0.15, 0.2) is 53.7 Å². The van der Waals surface area contributed by atoms with Gasteiger partial charge in [0.25, 0.3) is 0 Å². The Labute approximate surface area is 110 Å². The minimum absolute atomic E-state index is 0.787. The van der Waals surface area contributed by atoms with Gasteiger partial charge in [0.05, 0.1) is 13.3 Å². The number of ether oxygens (including phenoxy) is 1. The quantitative estimate of drug-likeness (QED) is 0.325. The molecule has 0 aliphatic carbocycles. The third-order valence-electron chi connectivity index (χ3n) is 3.30. The molecule has 1 N–H and O–H groups in total. The average molecular weight is 251 g/mol. The number of nitrogens with zero attached hydrogens (tertiary/aromatic N) is 1. The van der Waals surface area contributed by atoms with Crippen LogP contribution < -0.4 is 4.74 Å². The zero-order valence-electron chi connectivity index (χ0n) is 10.5. The van der Waals surface area contributed by atoms with Gasteiger partial charge in [0.1, 0.15) is 5.75 Å². The summed E-state index contributed by atoms with van der Waals surface area (Å²) < 4.78 is 5.26. The van der Waals surface area contributed by atoms with Crippen molar-refractivity contribution < 1.29 is 9.94 Å². The molecule has 3 nitrogen and oxygen atoms in total. The molecule has 0 aliphatic heterocycles. The van der Waals surface area contributed by atoms with Gasteiger partial charge in [0.2, 0.25) is 0 Å². The van der Waals surface area contributed by atoms with Crippen molar-refractivity contribution in [3.63, 3.8) is 0 Å². The summed E-state index contributed by atoms with van der Waals surface area (Å²) in [7, 11) is 1.64. The van der Waals surface area contributed by atoms with Crippen molar-refractivity contribution in [3.05, 3.63) is 54.1 Å². The van der Waals surface area contributed by atoms with Gasteiger partial charge in [-0.3, -0.25) is 0 Å². The van der Waals surface area contributed by atoms with Crippen LogP contribution >= 0.6 is 0 Å². The molecular formula is C16H13NO2. The zero-order valence-corrected chi connectivity index (χ0v) is 10.5. The summed E-state index contributed by atoms with van der Waals surface area (Å²) in [6.07, 6.45) is 1.48. The monoisotopic (exact) mass is 251 g/mol. The highest BCUT2D eigenvalue weighted by molar-refractivity contribution is 6.13. The molecule has 94 valence electrons. The molecule has 0 atom stereocenters. The van der Waals surface area contributed by atoms with Gasteiger partial charge in [-0.05, 0) is 39.7 Å². The van der Waals surface area contributed by atoms with E-state index < -0.39 is 0 Å². The molecule has 3 aromatic carbocycles. The molecule has 0 heterocycles. The Balaban J connectivity index is 2.48. The van der Waals surface area contributed by atoms with Gasteiger partial charge >= 0.3 is 0 Å². The van der Waals surface area contributed by atoms with Crippen LogP contribution in [-0.4, -0.2) is 18.5 Å². The summed E-state index contributed by atoms with van der Waals surface area (Å²) in [4.78, 5) is 0. The van der Waals surface area contributed by atoms with E-state index in [1.165, 1.54) is 6.21 Å². The Hall–Kier alpha value is -2.55. The van der Waals surface area contributed by atoms with E-state index in [0.29, 0.717) is 0 Å². The minimum atomic E-state index is 0.787. The molecule has 3 aromatic rings. The Bertz CT molecular complexity index is 778. The van der Waals surface area contributed by atoms with E-state index >= 15 is 0 Å². The fourth-order valence-electron chi connectivity index (χ4n) is 2.40. The van der Waals surface area contributed by atoms with Crippen LogP contribution in [0.3, 0.4) is 0 Å². The zero-order chi connectivity index (χ0) is 13.2. The molecule has 0 radical (unpaired) electrons. The first kappa shape index (κ1) is 11.5. The lowest BCUT2D eigenvalue weighted by Crippen LogP contribution is -1.90. The maximum absolute atomic E-state index is 8.90. The summed E-state index contributed by atoms with van der Waals surface area (Å²) in [5.74, 6) is 0.787. The van der Waals surface area contributed by atoms with Crippen molar-refractivity contribution in [1.29, 1.82) is 0 Å². The van der Waals surface area contributed by atoms with Crippen LogP contribution in [-0.2, 0) is 0 Å². The van der Waals surface area contributed by atoms with Gasteiger partial charge in [-0.1, -0.05) is 35.5 Å². The van der Waals surface area contributed by atoms with Crippen LogP contribution in [0, 0.1) is 0 Å². The fraction of sp³-hybridized carbons (Fsp3) is 0.0625. The molecule has 0 amide bonds. The van der Waals surface area contributed by atoms with Crippen LogP contribution in [0.2, 0.25) is 0 Å². The number of rotatable bonds is 2. The lowest BCUT2D eigenvalue weighted by molar-refractivity contribution is 0.322. The van der Waals surface area contributed by atoms with Crippen molar-refractivity contribution in [2.24, 2.45) is 5.16 Å². The van der Waals surface area contributed by atoms with Crippen LogP contribution in [0.25, 0.3) is 21.5 Å². The van der Waals surface area contributed by atoms with Gasteiger partial charge in [0.15, 0.2) is 0 Å². The van der Waals surface area contributed by atoms with E-state index in [0.717, 1.165) is 32.9 Å². The number of oxime groups is 1. The molecule has 0 aromatic heterocycles. The van der Waals surface area contributed by atoms with Crippen molar-refractivity contribution >= 4 is 27.8 Å². The van der Waals surface area contributed by atoms with Crippen LogP contribution in [0.4, 0.5) is 0 Å². The Morgan fingerprint density at radius 3 is 2.58 bits per heavy atom. The molecule has 3 heteroatoms. The van der Waals surface area contributed by atoms with Crippen molar-refractivity contribution in [2.75, 3.05) is 7.11 Å². The number of fused-ring (bicyclic) bond motifs is 2. The predicted octanol–water partition coefficient (Wildman–Crippen LogP) is 3.81. The average Bonchev–Trinajstić information content (AvgIpc) is 2.47. The van der Waals surface area contributed by atoms with Gasteiger partial charge in [-0.2, -0.15) is 0 Å². The van der Waals surface area contributed by atoms with Crippen LogP contribution in [0.1, 0.15) is 5.56 Å². The highest BCUT2D eigenvalue weighted by atomic mass is 16.5. The molecular weight excluding hydrogens is 238 g/mol. The smallest absolute Gasteiger partial charge is 0.119 e. The van der Waals surface area contributed by atoms with E-state index in [1.54, 1.807) is 7.11 Å². The molecule has 0 saturated carbocycles. The van der Waals surface area contributed by atoms with Gasteiger partial charge in [-0.15, -0.1) is 0 Å². The minimum Gasteiger partial charge on any atom is -0.497 e. The molecule has 0 unspecified atom stereocenters. The lowest BCUT2D eigenvalue weighted by atomic mass is 9.97. The molecule has 0 aliphatic rings. The van der Waals surface area contributed by atoms with E-state index in [9.17, 15) is 0 Å². The number of hydrogen-bond donors (Lipinski definition) is 1. The molecule has 0 spiro atoms. The number of methoxy groups -OCH3 is 1. The third-order valence-corrected chi connectivity index (χ3v) is 3.30. The number of benzene rings is 3. The highest BCUT2D eigenvalue weighted by Crippen LogP contribution is 2.30. The number of hydrogen-bond acceptors (Lipinski definition) is 3. The lowest BCUT2D eigenvalue weighted by Gasteiger charge is -2.09.